The van der Waals surface area contributed by atoms with Crippen LogP contribution in [0, 0.1) is 0 Å². The van der Waals surface area contributed by atoms with Gasteiger partial charge in [-0.1, -0.05) is 66.2 Å². The number of carbonyl (C=O) groups is 2. The first-order valence-corrected chi connectivity index (χ1v) is 11.1. The topological polar surface area (TPSA) is 96.7 Å². The molecule has 3 aromatic carbocycles. The molecule has 4 aromatic rings. The quantitative estimate of drug-likeness (QED) is 0.440. The number of halogens is 1. The number of amides is 2. The molecule has 1 N–H and O–H groups in total. The minimum Gasteiger partial charge on any atom is -0.296 e. The lowest BCUT2D eigenvalue weighted by Crippen LogP contribution is -2.49. The van der Waals surface area contributed by atoms with E-state index in [1.807, 2.05) is 18.2 Å². The van der Waals surface area contributed by atoms with Crippen molar-refractivity contribution in [1.82, 2.24) is 20.0 Å². The fourth-order valence-electron chi connectivity index (χ4n) is 3.70. The van der Waals surface area contributed by atoms with Crippen LogP contribution in [-0.2, 0) is 16.1 Å². The first-order valence-electron chi connectivity index (χ1n) is 10.7. The van der Waals surface area contributed by atoms with Crippen molar-refractivity contribution in [1.29, 1.82) is 0 Å². The van der Waals surface area contributed by atoms with E-state index in [4.69, 9.17) is 11.6 Å². The van der Waals surface area contributed by atoms with Crippen LogP contribution in [0.15, 0.2) is 101 Å². The normalized spacial score (nSPS) is 14.4. The van der Waals surface area contributed by atoms with Crippen molar-refractivity contribution in [2.24, 2.45) is 4.99 Å². The number of hydrazine groups is 1. The highest BCUT2D eigenvalue weighted by Crippen LogP contribution is 2.21. The molecule has 0 unspecified atom stereocenters. The van der Waals surface area contributed by atoms with Gasteiger partial charge in [-0.25, -0.2) is 9.98 Å². The highest BCUT2D eigenvalue weighted by Gasteiger charge is 2.32. The number of aromatic nitrogens is 2. The smallest absolute Gasteiger partial charge is 0.296 e. The SMILES string of the molecule is O=C(Cn1c(=O)cnc2ccccc21)NN1C(=O)/C(=C\c2ccc(Cl)cc2)N=C1c1ccccc1. The molecule has 9 heteroatoms. The van der Waals surface area contributed by atoms with Crippen molar-refractivity contribution >= 4 is 46.4 Å². The first-order chi connectivity index (χ1) is 17.0. The minimum atomic E-state index is -0.562. The van der Waals surface area contributed by atoms with Gasteiger partial charge in [0.1, 0.15) is 12.2 Å². The number of benzene rings is 3. The van der Waals surface area contributed by atoms with E-state index in [0.29, 0.717) is 21.6 Å². The summed E-state index contributed by atoms with van der Waals surface area (Å²) in [6.45, 7) is -0.302. The molecular formula is C26H18ClN5O3. The first kappa shape index (κ1) is 22.2. The number of fused-ring (bicyclic) bond motifs is 1. The standard InChI is InChI=1S/C26H18ClN5O3/c27-19-12-10-17(11-13-19)14-21-26(35)32(25(29-21)18-6-2-1-3-7-18)30-23(33)16-31-22-9-5-4-8-20(22)28-15-24(31)34/h1-15H,16H2,(H,30,33)/b21-14+. The van der Waals surface area contributed by atoms with Crippen molar-refractivity contribution in [2.45, 2.75) is 6.54 Å². The zero-order chi connectivity index (χ0) is 24.4. The van der Waals surface area contributed by atoms with Crippen molar-refractivity contribution < 1.29 is 9.59 Å². The lowest BCUT2D eigenvalue weighted by atomic mass is 10.2. The van der Waals surface area contributed by atoms with Gasteiger partial charge in [0, 0.05) is 10.6 Å². The van der Waals surface area contributed by atoms with Gasteiger partial charge >= 0.3 is 0 Å². The van der Waals surface area contributed by atoms with Crippen LogP contribution in [0.2, 0.25) is 5.02 Å². The molecule has 2 amide bonds. The molecular weight excluding hydrogens is 466 g/mol. The van der Waals surface area contributed by atoms with Crippen molar-refractivity contribution in [2.75, 3.05) is 0 Å². The fourth-order valence-corrected chi connectivity index (χ4v) is 3.83. The van der Waals surface area contributed by atoms with Crippen molar-refractivity contribution in [3.05, 3.63) is 117 Å². The molecule has 1 aromatic heterocycles. The molecule has 1 aliphatic heterocycles. The van der Waals surface area contributed by atoms with Gasteiger partial charge in [-0.3, -0.25) is 24.4 Å². The van der Waals surface area contributed by atoms with Gasteiger partial charge in [0.2, 0.25) is 0 Å². The number of aliphatic imine (C=N–C) groups is 1. The molecule has 0 radical (unpaired) electrons. The molecule has 0 spiro atoms. The lowest BCUT2D eigenvalue weighted by Gasteiger charge is -2.20. The van der Waals surface area contributed by atoms with Gasteiger partial charge in [0.05, 0.1) is 17.2 Å². The zero-order valence-corrected chi connectivity index (χ0v) is 19.0. The van der Waals surface area contributed by atoms with E-state index in [0.717, 1.165) is 10.6 Å². The number of rotatable bonds is 5. The Bertz CT molecular complexity index is 1560. The third-order valence-electron chi connectivity index (χ3n) is 5.36. The van der Waals surface area contributed by atoms with E-state index in [1.54, 1.807) is 66.7 Å². The van der Waals surface area contributed by atoms with Crippen LogP contribution < -0.4 is 11.0 Å². The Morgan fingerprint density at radius 1 is 0.943 bits per heavy atom. The van der Waals surface area contributed by atoms with Crippen LogP contribution >= 0.6 is 11.6 Å². The maximum atomic E-state index is 13.3. The summed E-state index contributed by atoms with van der Waals surface area (Å²) in [4.78, 5) is 47.3. The maximum absolute atomic E-state index is 13.3. The average Bonchev–Trinajstić information content (AvgIpc) is 3.17. The fraction of sp³-hybridized carbons (Fsp3) is 0.0385. The van der Waals surface area contributed by atoms with E-state index >= 15 is 0 Å². The average molecular weight is 484 g/mol. The number of carbonyl (C=O) groups excluding carboxylic acids is 2. The molecule has 8 nitrogen and oxygen atoms in total. The molecule has 0 fully saturated rings. The second-order valence-electron chi connectivity index (χ2n) is 7.73. The summed E-state index contributed by atoms with van der Waals surface area (Å²) in [7, 11) is 0. The molecule has 1 aliphatic rings. The second kappa shape index (κ2) is 9.36. The molecule has 0 saturated heterocycles. The highest BCUT2D eigenvalue weighted by atomic mass is 35.5. The molecule has 2 heterocycles. The van der Waals surface area contributed by atoms with Crippen LogP contribution in [0.4, 0.5) is 0 Å². The summed E-state index contributed by atoms with van der Waals surface area (Å²) in [6, 6.07) is 23.0. The van der Waals surface area contributed by atoms with Gasteiger partial charge in [0.15, 0.2) is 5.84 Å². The minimum absolute atomic E-state index is 0.151. The van der Waals surface area contributed by atoms with Crippen LogP contribution in [0.5, 0.6) is 0 Å². The lowest BCUT2D eigenvalue weighted by molar-refractivity contribution is -0.133. The predicted octanol–water partition coefficient (Wildman–Crippen LogP) is 3.41. The number of nitrogens with zero attached hydrogens (tertiary/aromatic N) is 4. The Balaban J connectivity index is 1.46. The van der Waals surface area contributed by atoms with E-state index in [1.165, 1.54) is 10.8 Å². The highest BCUT2D eigenvalue weighted by molar-refractivity contribution is 6.30. The third-order valence-corrected chi connectivity index (χ3v) is 5.61. The van der Waals surface area contributed by atoms with Crippen LogP contribution in [0.1, 0.15) is 11.1 Å². The molecule has 0 saturated carbocycles. The Labute approximate surface area is 204 Å². The molecule has 0 bridgehead atoms. The monoisotopic (exact) mass is 483 g/mol. The second-order valence-corrected chi connectivity index (χ2v) is 8.17. The summed E-state index contributed by atoms with van der Waals surface area (Å²) < 4.78 is 1.31. The summed E-state index contributed by atoms with van der Waals surface area (Å²) in [5.74, 6) is -0.789. The van der Waals surface area contributed by atoms with Crippen LogP contribution in [-0.4, -0.2) is 32.2 Å². The van der Waals surface area contributed by atoms with Gasteiger partial charge in [-0.2, -0.15) is 5.01 Å². The van der Waals surface area contributed by atoms with Gasteiger partial charge in [-0.05, 0) is 35.9 Å². The van der Waals surface area contributed by atoms with Crippen LogP contribution in [0.25, 0.3) is 17.1 Å². The molecule has 0 aliphatic carbocycles. The Kier molecular flexibility index (Phi) is 5.95. The summed E-state index contributed by atoms with van der Waals surface area (Å²) in [6.07, 6.45) is 2.79. The summed E-state index contributed by atoms with van der Waals surface area (Å²) in [5.41, 5.74) is 4.82. The van der Waals surface area contributed by atoms with Crippen LogP contribution in [0.3, 0.4) is 0 Å². The number of amidine groups is 1. The Morgan fingerprint density at radius 2 is 1.66 bits per heavy atom. The number of para-hydroxylation sites is 2. The third kappa shape index (κ3) is 4.60. The van der Waals surface area contributed by atoms with E-state index in [9.17, 15) is 14.4 Å². The maximum Gasteiger partial charge on any atom is 0.297 e. The van der Waals surface area contributed by atoms with Gasteiger partial charge < -0.3 is 0 Å². The zero-order valence-electron chi connectivity index (χ0n) is 18.3. The molecule has 0 atom stereocenters. The Morgan fingerprint density at radius 3 is 2.43 bits per heavy atom. The Hall–Kier alpha value is -4.56. The van der Waals surface area contributed by atoms with Gasteiger partial charge in [0.25, 0.3) is 17.4 Å². The summed E-state index contributed by atoms with van der Waals surface area (Å²) >= 11 is 5.96. The molecule has 35 heavy (non-hydrogen) atoms. The largest absolute Gasteiger partial charge is 0.297 e. The number of nitrogens with one attached hydrogen (secondary N) is 1. The number of hydrogen-bond donors (Lipinski definition) is 1. The van der Waals surface area contributed by atoms with E-state index < -0.39 is 17.4 Å². The molecule has 172 valence electrons. The van der Waals surface area contributed by atoms with E-state index in [2.05, 4.69) is 15.4 Å². The molecule has 5 rings (SSSR count). The summed E-state index contributed by atoms with van der Waals surface area (Å²) in [5, 5.41) is 1.68. The number of hydrogen-bond acceptors (Lipinski definition) is 5. The predicted molar refractivity (Wildman–Crippen MR) is 133 cm³/mol. The van der Waals surface area contributed by atoms with Crippen molar-refractivity contribution in [3.63, 3.8) is 0 Å². The van der Waals surface area contributed by atoms with Crippen molar-refractivity contribution in [3.8, 4) is 0 Å². The van der Waals surface area contributed by atoms with E-state index in [-0.39, 0.29) is 18.1 Å². The van der Waals surface area contributed by atoms with Gasteiger partial charge in [-0.15, -0.1) is 0 Å².